The molecule has 0 aliphatic carbocycles. The number of nitrogens with zero attached hydrogens (tertiary/aromatic N) is 2. The van der Waals surface area contributed by atoms with Crippen molar-refractivity contribution in [2.24, 2.45) is 0 Å². The first-order valence-corrected chi connectivity index (χ1v) is 15.6. The molecule has 0 spiro atoms. The maximum Gasteiger partial charge on any atom is 0.220 e. The number of nitrogens with one attached hydrogen (secondary N) is 1. The molecule has 2 aromatic carbocycles. The van der Waals surface area contributed by atoms with Gasteiger partial charge in [-0.2, -0.15) is 4.58 Å². The van der Waals surface area contributed by atoms with Gasteiger partial charge in [0.25, 0.3) is 0 Å². The molecular weight excluding hydrogens is 514 g/mol. The van der Waals surface area contributed by atoms with Crippen molar-refractivity contribution in [2.45, 2.75) is 104 Å². The number of amides is 1. The maximum atomic E-state index is 12.2. The second kappa shape index (κ2) is 12.1. The fourth-order valence-corrected chi connectivity index (χ4v) is 6.55. The fraction of sp³-hybridized carbons (Fsp3) is 0.474. The number of benzene rings is 2. The van der Waals surface area contributed by atoms with Crippen LogP contribution >= 0.6 is 0 Å². The van der Waals surface area contributed by atoms with E-state index in [2.05, 4.69) is 130 Å². The van der Waals surface area contributed by atoms with Gasteiger partial charge in [0.2, 0.25) is 11.6 Å². The highest BCUT2D eigenvalue weighted by Gasteiger charge is 2.43. The third kappa shape index (κ3) is 6.64. The molecule has 2 aliphatic rings. The Balaban J connectivity index is 1.48. The van der Waals surface area contributed by atoms with E-state index in [0.29, 0.717) is 6.42 Å². The van der Waals surface area contributed by atoms with Crippen LogP contribution in [-0.2, 0) is 15.6 Å². The van der Waals surface area contributed by atoms with Crippen molar-refractivity contribution < 1.29 is 9.37 Å². The first kappa shape index (κ1) is 31.5. The Morgan fingerprint density at radius 2 is 1.55 bits per heavy atom. The molecule has 0 bridgehead atoms. The van der Waals surface area contributed by atoms with Crippen LogP contribution in [0.4, 0.5) is 11.4 Å². The number of fused-ring (bicyclic) bond motifs is 2. The number of allylic oxidation sites excluding steroid dienone is 6. The van der Waals surface area contributed by atoms with E-state index in [1.807, 2.05) is 20.8 Å². The van der Waals surface area contributed by atoms with E-state index in [1.54, 1.807) is 0 Å². The van der Waals surface area contributed by atoms with E-state index in [4.69, 9.17) is 0 Å². The quantitative estimate of drug-likeness (QED) is 0.187. The topological polar surface area (TPSA) is 35.4 Å². The third-order valence-corrected chi connectivity index (χ3v) is 8.77. The summed E-state index contributed by atoms with van der Waals surface area (Å²) in [5, 5.41) is 3.08. The molecule has 0 unspecified atom stereocenters. The van der Waals surface area contributed by atoms with Crippen LogP contribution < -0.4 is 10.2 Å². The molecule has 4 rings (SSSR count). The molecule has 1 amide bonds. The van der Waals surface area contributed by atoms with Gasteiger partial charge < -0.3 is 10.2 Å². The summed E-state index contributed by atoms with van der Waals surface area (Å²) in [7, 11) is 2.17. The first-order valence-electron chi connectivity index (χ1n) is 15.6. The fourth-order valence-electron chi connectivity index (χ4n) is 6.55. The molecule has 0 atom stereocenters. The van der Waals surface area contributed by atoms with Gasteiger partial charge in [0.15, 0.2) is 5.71 Å². The predicted molar refractivity (Wildman–Crippen MR) is 179 cm³/mol. The van der Waals surface area contributed by atoms with Crippen LogP contribution in [0.25, 0.3) is 0 Å². The van der Waals surface area contributed by atoms with E-state index in [-0.39, 0.29) is 22.3 Å². The summed E-state index contributed by atoms with van der Waals surface area (Å²) in [6.45, 7) is 20.7. The van der Waals surface area contributed by atoms with E-state index in [9.17, 15) is 4.79 Å². The Bertz CT molecular complexity index is 1460. The summed E-state index contributed by atoms with van der Waals surface area (Å²) in [5.41, 5.74) is 10.3. The van der Waals surface area contributed by atoms with E-state index < -0.39 is 0 Å². The monoisotopic (exact) mass is 566 g/mol. The normalized spacial score (nSPS) is 18.4. The zero-order chi connectivity index (χ0) is 30.9. The average Bonchev–Trinajstić information content (AvgIpc) is 3.20. The van der Waals surface area contributed by atoms with Gasteiger partial charge in [-0.05, 0) is 85.1 Å². The molecule has 0 saturated heterocycles. The molecular formula is C38H52N3O+. The Morgan fingerprint density at radius 1 is 0.881 bits per heavy atom. The highest BCUT2D eigenvalue weighted by atomic mass is 16.1. The van der Waals surface area contributed by atoms with Gasteiger partial charge in [-0.25, -0.2) is 0 Å². The summed E-state index contributed by atoms with van der Waals surface area (Å²) < 4.78 is 2.32. The Hall–Kier alpha value is -3.40. The number of hydrogen-bond donors (Lipinski definition) is 1. The minimum atomic E-state index is -0.172. The summed E-state index contributed by atoms with van der Waals surface area (Å²) in [6.07, 6.45) is 14.7. The number of unbranched alkanes of at least 4 members (excludes halogenated alkanes) is 2. The molecule has 0 aromatic heterocycles. The van der Waals surface area contributed by atoms with Crippen molar-refractivity contribution in [3.63, 3.8) is 0 Å². The van der Waals surface area contributed by atoms with Crippen LogP contribution in [0.15, 0.2) is 72.5 Å². The largest absolute Gasteiger partial charge is 0.352 e. The van der Waals surface area contributed by atoms with Crippen LogP contribution in [0.3, 0.4) is 0 Å². The molecule has 1 N–H and O–H groups in total. The van der Waals surface area contributed by atoms with Crippen molar-refractivity contribution in [1.82, 2.24) is 5.32 Å². The SMILES string of the molecule is Cc1ccc2c(c1)C(C)(C)C(/C=C/C=C/C=C1\N(CCCCCC(=O)NC(C)(C)C)c3ccc(C)cc3C1(C)C)=[N+]2C. The van der Waals surface area contributed by atoms with Crippen LogP contribution in [0.5, 0.6) is 0 Å². The number of aryl methyl sites for hydroxylation is 2. The molecule has 0 saturated carbocycles. The molecule has 2 aliphatic heterocycles. The van der Waals surface area contributed by atoms with E-state index >= 15 is 0 Å². The van der Waals surface area contributed by atoms with Crippen molar-refractivity contribution >= 4 is 23.0 Å². The summed E-state index contributed by atoms with van der Waals surface area (Å²) >= 11 is 0. The molecule has 4 heteroatoms. The average molecular weight is 567 g/mol. The molecule has 2 aromatic rings. The highest BCUT2D eigenvalue weighted by Crippen LogP contribution is 2.48. The van der Waals surface area contributed by atoms with Gasteiger partial charge in [-0.15, -0.1) is 0 Å². The van der Waals surface area contributed by atoms with Gasteiger partial charge in [-0.1, -0.05) is 67.8 Å². The first-order chi connectivity index (χ1) is 19.6. The standard InChI is InChI=1S/C38H51N3O/c1-27-20-22-31-29(25-27)37(6,7)33(40(31)10)17-13-11-14-18-34-38(8,9)30-26-28(2)21-23-32(30)41(34)24-16-12-15-19-35(42)39-36(3,4)5/h11,13-14,17-18,20-23,25-26H,12,15-16,19,24H2,1-10H3/p+1. The lowest BCUT2D eigenvalue weighted by atomic mass is 9.81. The molecule has 224 valence electrons. The summed E-state index contributed by atoms with van der Waals surface area (Å²) in [4.78, 5) is 14.7. The molecule has 2 heterocycles. The van der Waals surface area contributed by atoms with Crippen LogP contribution in [0, 0.1) is 13.8 Å². The third-order valence-electron chi connectivity index (χ3n) is 8.77. The Kier molecular flexibility index (Phi) is 9.06. The lowest BCUT2D eigenvalue weighted by molar-refractivity contribution is -0.401. The van der Waals surface area contributed by atoms with E-state index in [1.165, 1.54) is 45.0 Å². The Morgan fingerprint density at radius 3 is 2.24 bits per heavy atom. The smallest absolute Gasteiger partial charge is 0.220 e. The van der Waals surface area contributed by atoms with Crippen LogP contribution in [0.1, 0.15) is 96.4 Å². The van der Waals surface area contributed by atoms with Gasteiger partial charge in [-0.3, -0.25) is 4.79 Å². The number of rotatable bonds is 9. The second-order valence-electron chi connectivity index (χ2n) is 14.3. The molecule has 42 heavy (non-hydrogen) atoms. The summed E-state index contributed by atoms with van der Waals surface area (Å²) in [6, 6.07) is 13.6. The van der Waals surface area contributed by atoms with Crippen molar-refractivity contribution in [1.29, 1.82) is 0 Å². The van der Waals surface area contributed by atoms with Crippen LogP contribution in [0.2, 0.25) is 0 Å². The molecule has 4 nitrogen and oxygen atoms in total. The van der Waals surface area contributed by atoms with Crippen molar-refractivity contribution in [3.8, 4) is 0 Å². The number of hydrogen-bond acceptors (Lipinski definition) is 2. The van der Waals surface area contributed by atoms with Gasteiger partial charge in [0.1, 0.15) is 7.05 Å². The Labute approximate surface area is 254 Å². The predicted octanol–water partition coefficient (Wildman–Crippen LogP) is 8.58. The summed E-state index contributed by atoms with van der Waals surface area (Å²) in [5.74, 6) is 0.147. The number of carbonyl (C=O) groups is 1. The highest BCUT2D eigenvalue weighted by molar-refractivity contribution is 6.03. The zero-order valence-corrected chi connectivity index (χ0v) is 27.7. The van der Waals surface area contributed by atoms with Crippen molar-refractivity contribution in [2.75, 3.05) is 18.5 Å². The maximum absolute atomic E-state index is 12.2. The minimum Gasteiger partial charge on any atom is -0.352 e. The second-order valence-corrected chi connectivity index (χ2v) is 14.3. The number of anilines is 1. The molecule has 0 radical (unpaired) electrons. The van der Waals surface area contributed by atoms with Crippen LogP contribution in [-0.4, -0.2) is 35.3 Å². The lowest BCUT2D eigenvalue weighted by Gasteiger charge is -2.27. The van der Waals surface area contributed by atoms with Gasteiger partial charge in [0.05, 0.1) is 5.41 Å². The van der Waals surface area contributed by atoms with Gasteiger partial charge >= 0.3 is 0 Å². The molecule has 0 fully saturated rings. The number of carbonyl (C=O) groups excluding carboxylic acids is 1. The zero-order valence-electron chi connectivity index (χ0n) is 27.7. The lowest BCUT2D eigenvalue weighted by Crippen LogP contribution is -2.40. The van der Waals surface area contributed by atoms with Crippen molar-refractivity contribution in [3.05, 3.63) is 94.7 Å². The van der Waals surface area contributed by atoms with E-state index in [0.717, 1.165) is 25.8 Å². The minimum absolute atomic E-state index is 0.0317. The van der Waals surface area contributed by atoms with Gasteiger partial charge in [0, 0.05) is 53.0 Å².